The molecule has 0 spiro atoms. The molecule has 138 valence electrons. The van der Waals surface area contributed by atoms with Crippen molar-refractivity contribution in [2.24, 2.45) is 0 Å². The summed E-state index contributed by atoms with van der Waals surface area (Å²) >= 11 is 0. The number of carbonyl (C=O) groups is 1. The van der Waals surface area contributed by atoms with E-state index in [0.717, 1.165) is 0 Å². The van der Waals surface area contributed by atoms with Crippen molar-refractivity contribution >= 4 is 15.7 Å². The lowest BCUT2D eigenvalue weighted by atomic mass is 10.0. The highest BCUT2D eigenvalue weighted by molar-refractivity contribution is 7.91. The highest BCUT2D eigenvalue weighted by Crippen LogP contribution is 2.27. The van der Waals surface area contributed by atoms with Gasteiger partial charge in [-0.3, -0.25) is 9.69 Å². The van der Waals surface area contributed by atoms with Gasteiger partial charge in [0.15, 0.2) is 9.84 Å². The van der Waals surface area contributed by atoms with Crippen molar-refractivity contribution in [2.75, 3.05) is 31.1 Å². The van der Waals surface area contributed by atoms with Gasteiger partial charge < -0.3 is 4.90 Å². The van der Waals surface area contributed by atoms with E-state index in [9.17, 15) is 13.2 Å². The van der Waals surface area contributed by atoms with E-state index in [2.05, 4.69) is 25.9 Å². The molecular weight excluding hydrogens is 344 g/mol. The SMILES string of the molecule is CC(C)=CCN1CCN(C(=O)Cc2nonc2C)C2CS(=O)(=O)CC21. The summed E-state index contributed by atoms with van der Waals surface area (Å²) in [7, 11) is -3.14. The zero-order chi connectivity index (χ0) is 18.2. The number of hydrogen-bond donors (Lipinski definition) is 0. The van der Waals surface area contributed by atoms with Gasteiger partial charge in [-0.2, -0.15) is 0 Å². The molecule has 0 bridgehead atoms. The maximum Gasteiger partial charge on any atom is 0.229 e. The standard InChI is InChI=1S/C16H24N4O4S/c1-11(2)4-5-19-6-7-20(15-10-25(22,23)9-14(15)19)16(21)8-13-12(3)17-24-18-13/h4,14-15H,5-10H2,1-3H3. The minimum absolute atomic E-state index is 0.0325. The molecule has 1 aromatic rings. The Labute approximate surface area is 147 Å². The first-order chi connectivity index (χ1) is 11.8. The van der Waals surface area contributed by atoms with Gasteiger partial charge in [0.05, 0.1) is 24.0 Å². The summed E-state index contributed by atoms with van der Waals surface area (Å²) < 4.78 is 29.0. The van der Waals surface area contributed by atoms with Crippen LogP contribution < -0.4 is 0 Å². The van der Waals surface area contributed by atoms with E-state index < -0.39 is 9.84 Å². The lowest BCUT2D eigenvalue weighted by Crippen LogP contribution is -2.60. The molecule has 3 rings (SSSR count). The van der Waals surface area contributed by atoms with Crippen LogP contribution in [0.5, 0.6) is 0 Å². The Balaban J connectivity index is 1.77. The molecule has 0 aliphatic carbocycles. The van der Waals surface area contributed by atoms with Crippen LogP contribution in [0.1, 0.15) is 25.2 Å². The Morgan fingerprint density at radius 2 is 1.96 bits per heavy atom. The minimum atomic E-state index is -3.14. The lowest BCUT2D eigenvalue weighted by Gasteiger charge is -2.43. The fourth-order valence-corrected chi connectivity index (χ4v) is 5.53. The van der Waals surface area contributed by atoms with E-state index >= 15 is 0 Å². The summed E-state index contributed by atoms with van der Waals surface area (Å²) in [5.74, 6) is 0.0284. The number of hydrogen-bond acceptors (Lipinski definition) is 7. The lowest BCUT2D eigenvalue weighted by molar-refractivity contribution is -0.136. The summed E-state index contributed by atoms with van der Waals surface area (Å²) in [4.78, 5) is 16.6. The van der Waals surface area contributed by atoms with Crippen LogP contribution in [0.3, 0.4) is 0 Å². The topological polar surface area (TPSA) is 96.6 Å². The van der Waals surface area contributed by atoms with Crippen molar-refractivity contribution in [1.82, 2.24) is 20.1 Å². The number of rotatable bonds is 4. The van der Waals surface area contributed by atoms with E-state index in [4.69, 9.17) is 0 Å². The third-order valence-corrected chi connectivity index (χ3v) is 6.61. The predicted octanol–water partition coefficient (Wildman–Crippen LogP) is 0.197. The van der Waals surface area contributed by atoms with Crippen LogP contribution >= 0.6 is 0 Å². The highest BCUT2D eigenvalue weighted by atomic mass is 32.2. The smallest absolute Gasteiger partial charge is 0.229 e. The second-order valence-corrected chi connectivity index (χ2v) is 9.20. The number of allylic oxidation sites excluding steroid dienone is 1. The van der Waals surface area contributed by atoms with Crippen molar-refractivity contribution in [3.63, 3.8) is 0 Å². The molecule has 0 saturated carbocycles. The summed E-state index contributed by atoms with van der Waals surface area (Å²) in [5.41, 5.74) is 2.30. The van der Waals surface area contributed by atoms with E-state index in [-0.39, 0.29) is 35.9 Å². The third kappa shape index (κ3) is 3.92. The fourth-order valence-electron chi connectivity index (χ4n) is 3.52. The van der Waals surface area contributed by atoms with E-state index in [1.807, 2.05) is 13.8 Å². The molecule has 8 nitrogen and oxygen atoms in total. The van der Waals surface area contributed by atoms with Crippen molar-refractivity contribution in [2.45, 2.75) is 39.3 Å². The number of sulfone groups is 1. The van der Waals surface area contributed by atoms with Crippen LogP contribution in [-0.2, 0) is 21.1 Å². The van der Waals surface area contributed by atoms with Crippen LogP contribution in [0.4, 0.5) is 0 Å². The molecule has 2 fully saturated rings. The summed E-state index contributed by atoms with van der Waals surface area (Å²) in [5, 5.41) is 7.45. The number of piperazine rings is 1. The molecule has 1 amide bonds. The van der Waals surface area contributed by atoms with Gasteiger partial charge in [0.25, 0.3) is 0 Å². The Morgan fingerprint density at radius 1 is 1.24 bits per heavy atom. The number of aromatic nitrogens is 2. The average molecular weight is 368 g/mol. The molecule has 2 atom stereocenters. The molecule has 2 saturated heterocycles. The fraction of sp³-hybridized carbons (Fsp3) is 0.688. The summed E-state index contributed by atoms with van der Waals surface area (Å²) in [6.07, 6.45) is 2.19. The van der Waals surface area contributed by atoms with Crippen molar-refractivity contribution in [3.8, 4) is 0 Å². The zero-order valence-electron chi connectivity index (χ0n) is 14.8. The first kappa shape index (κ1) is 18.1. The molecule has 0 aromatic carbocycles. The summed E-state index contributed by atoms with van der Waals surface area (Å²) in [6, 6.07) is -0.438. The third-order valence-electron chi connectivity index (χ3n) is 4.91. The number of nitrogens with zero attached hydrogens (tertiary/aromatic N) is 4. The first-order valence-corrected chi connectivity index (χ1v) is 10.2. The molecule has 25 heavy (non-hydrogen) atoms. The van der Waals surface area contributed by atoms with Gasteiger partial charge in [-0.15, -0.1) is 0 Å². The van der Waals surface area contributed by atoms with Gasteiger partial charge in [-0.1, -0.05) is 22.0 Å². The van der Waals surface area contributed by atoms with Crippen molar-refractivity contribution in [3.05, 3.63) is 23.0 Å². The van der Waals surface area contributed by atoms with Crippen LogP contribution in [0.2, 0.25) is 0 Å². The molecule has 3 heterocycles. The van der Waals surface area contributed by atoms with Crippen molar-refractivity contribution in [1.29, 1.82) is 0 Å². The maximum absolute atomic E-state index is 12.7. The molecule has 2 unspecified atom stereocenters. The maximum atomic E-state index is 12.7. The normalized spacial score (nSPS) is 25.6. The second-order valence-electron chi connectivity index (χ2n) is 7.05. The Bertz CT molecular complexity index is 782. The first-order valence-electron chi connectivity index (χ1n) is 8.42. The number of aryl methyl sites for hydroxylation is 1. The number of amides is 1. The van der Waals surface area contributed by atoms with Crippen LogP contribution in [0.15, 0.2) is 16.3 Å². The Kier molecular flexibility index (Phi) is 4.97. The monoisotopic (exact) mass is 368 g/mol. The zero-order valence-corrected chi connectivity index (χ0v) is 15.6. The van der Waals surface area contributed by atoms with Gasteiger partial charge in [0, 0.05) is 25.7 Å². The molecule has 0 radical (unpaired) electrons. The van der Waals surface area contributed by atoms with E-state index in [0.29, 0.717) is 31.0 Å². The van der Waals surface area contributed by atoms with Crippen LogP contribution in [0.25, 0.3) is 0 Å². The van der Waals surface area contributed by atoms with Crippen molar-refractivity contribution < 1.29 is 17.8 Å². The molecule has 2 aliphatic rings. The molecular formula is C16H24N4O4S. The Hall–Kier alpha value is -1.74. The molecule has 2 aliphatic heterocycles. The quantitative estimate of drug-likeness (QED) is 0.700. The van der Waals surface area contributed by atoms with Gasteiger partial charge in [0.2, 0.25) is 5.91 Å². The van der Waals surface area contributed by atoms with Gasteiger partial charge in [0.1, 0.15) is 11.4 Å². The molecule has 1 aromatic heterocycles. The van der Waals surface area contributed by atoms with E-state index in [1.54, 1.807) is 11.8 Å². The van der Waals surface area contributed by atoms with Crippen LogP contribution in [0, 0.1) is 6.92 Å². The number of fused-ring (bicyclic) bond motifs is 1. The average Bonchev–Trinajstić information content (AvgIpc) is 3.06. The molecule has 0 N–H and O–H groups in total. The predicted molar refractivity (Wildman–Crippen MR) is 91.7 cm³/mol. The Morgan fingerprint density at radius 3 is 2.60 bits per heavy atom. The second kappa shape index (κ2) is 6.87. The van der Waals surface area contributed by atoms with Crippen LogP contribution in [-0.4, -0.2) is 77.7 Å². The highest BCUT2D eigenvalue weighted by Gasteiger charge is 2.47. The van der Waals surface area contributed by atoms with Gasteiger partial charge in [-0.25, -0.2) is 13.0 Å². The molecule has 9 heteroatoms. The number of carbonyl (C=O) groups excluding carboxylic acids is 1. The van der Waals surface area contributed by atoms with Gasteiger partial charge >= 0.3 is 0 Å². The van der Waals surface area contributed by atoms with E-state index in [1.165, 1.54) is 5.57 Å². The summed E-state index contributed by atoms with van der Waals surface area (Å²) in [6.45, 7) is 7.69. The largest absolute Gasteiger partial charge is 0.335 e. The minimum Gasteiger partial charge on any atom is -0.335 e. The van der Waals surface area contributed by atoms with Gasteiger partial charge in [-0.05, 0) is 20.8 Å².